The molecule has 4 rings (SSSR count). The number of halogens is 3. The fourth-order valence-electron chi connectivity index (χ4n) is 3.30. The van der Waals surface area contributed by atoms with Gasteiger partial charge in [0.2, 0.25) is 0 Å². The van der Waals surface area contributed by atoms with E-state index >= 15 is 0 Å². The predicted molar refractivity (Wildman–Crippen MR) is 136 cm³/mol. The molecular weight excluding hydrogens is 545 g/mol. The molecule has 0 bridgehead atoms. The number of amides is 2. The van der Waals surface area contributed by atoms with Crippen LogP contribution in [0.4, 0.5) is 14.9 Å². The van der Waals surface area contributed by atoms with Crippen LogP contribution in [0.25, 0.3) is 6.08 Å². The van der Waals surface area contributed by atoms with Crippen molar-refractivity contribution in [2.45, 2.75) is 13.5 Å². The average molecular weight is 563 g/mol. The Balaban J connectivity index is 1.61. The molecular formula is C25H18BrClFNO4S. The van der Waals surface area contributed by atoms with E-state index in [1.54, 1.807) is 60.7 Å². The third-order valence-electron chi connectivity index (χ3n) is 4.82. The highest BCUT2D eigenvalue weighted by Crippen LogP contribution is 2.40. The van der Waals surface area contributed by atoms with E-state index in [4.69, 9.17) is 21.1 Å². The largest absolute Gasteiger partial charge is 0.490 e. The first kappa shape index (κ1) is 24.3. The Morgan fingerprint density at radius 2 is 1.88 bits per heavy atom. The van der Waals surface area contributed by atoms with E-state index in [2.05, 4.69) is 15.9 Å². The lowest BCUT2D eigenvalue weighted by Crippen LogP contribution is -2.27. The van der Waals surface area contributed by atoms with E-state index in [1.807, 2.05) is 6.92 Å². The molecule has 3 aromatic carbocycles. The second-order valence-corrected chi connectivity index (χ2v) is 9.42. The third kappa shape index (κ3) is 5.29. The average Bonchev–Trinajstić information content (AvgIpc) is 3.07. The SMILES string of the molecule is CCOc1cc(/C=C2/SC(=O)N(c3cccc(Cl)c3)C2=O)cc(Br)c1OCc1ccccc1F. The van der Waals surface area contributed by atoms with Crippen LogP contribution in [-0.2, 0) is 11.4 Å². The second-order valence-electron chi connectivity index (χ2n) is 7.14. The van der Waals surface area contributed by atoms with Crippen LogP contribution in [0.5, 0.6) is 11.5 Å². The van der Waals surface area contributed by atoms with Crippen LogP contribution in [0.15, 0.2) is 70.0 Å². The highest BCUT2D eigenvalue weighted by atomic mass is 79.9. The molecule has 0 atom stereocenters. The van der Waals surface area contributed by atoms with Gasteiger partial charge in [-0.05, 0) is 82.7 Å². The van der Waals surface area contributed by atoms with Gasteiger partial charge in [0.1, 0.15) is 12.4 Å². The number of rotatable bonds is 7. The number of anilines is 1. The van der Waals surface area contributed by atoms with Crippen LogP contribution in [-0.4, -0.2) is 17.8 Å². The molecule has 0 unspecified atom stereocenters. The van der Waals surface area contributed by atoms with Crippen molar-refractivity contribution in [3.05, 3.63) is 92.0 Å². The minimum absolute atomic E-state index is 0.0171. The molecule has 2 amide bonds. The minimum Gasteiger partial charge on any atom is -0.490 e. The van der Waals surface area contributed by atoms with Gasteiger partial charge in [-0.25, -0.2) is 9.29 Å². The van der Waals surface area contributed by atoms with E-state index in [0.29, 0.717) is 44.4 Å². The summed E-state index contributed by atoms with van der Waals surface area (Å²) < 4.78 is 26.1. The molecule has 0 aliphatic carbocycles. The molecule has 0 aromatic heterocycles. The van der Waals surface area contributed by atoms with Gasteiger partial charge >= 0.3 is 0 Å². The Morgan fingerprint density at radius 3 is 2.62 bits per heavy atom. The zero-order valence-electron chi connectivity index (χ0n) is 17.9. The van der Waals surface area contributed by atoms with E-state index in [-0.39, 0.29) is 17.3 Å². The third-order valence-corrected chi connectivity index (χ3v) is 6.51. The van der Waals surface area contributed by atoms with Crippen LogP contribution in [0.1, 0.15) is 18.1 Å². The van der Waals surface area contributed by atoms with Crippen LogP contribution in [0.3, 0.4) is 0 Å². The van der Waals surface area contributed by atoms with Crippen molar-refractivity contribution in [1.82, 2.24) is 0 Å². The van der Waals surface area contributed by atoms with Gasteiger partial charge in [-0.3, -0.25) is 9.59 Å². The minimum atomic E-state index is -0.439. The van der Waals surface area contributed by atoms with Gasteiger partial charge in [0, 0.05) is 10.6 Å². The summed E-state index contributed by atoms with van der Waals surface area (Å²) in [6, 6.07) is 16.4. The lowest BCUT2D eigenvalue weighted by atomic mass is 10.1. The number of hydrogen-bond donors (Lipinski definition) is 0. The van der Waals surface area contributed by atoms with Crippen molar-refractivity contribution >= 4 is 62.2 Å². The maximum absolute atomic E-state index is 14.0. The van der Waals surface area contributed by atoms with Gasteiger partial charge in [0.15, 0.2) is 11.5 Å². The fraction of sp³-hybridized carbons (Fsp3) is 0.120. The summed E-state index contributed by atoms with van der Waals surface area (Å²) in [5.41, 5.74) is 1.45. The van der Waals surface area contributed by atoms with Crippen molar-refractivity contribution in [1.29, 1.82) is 0 Å². The highest BCUT2D eigenvalue weighted by molar-refractivity contribution is 9.10. The van der Waals surface area contributed by atoms with Gasteiger partial charge in [0.25, 0.3) is 11.1 Å². The molecule has 9 heteroatoms. The molecule has 1 fully saturated rings. The molecule has 1 aliphatic heterocycles. The molecule has 0 spiro atoms. The molecule has 1 aliphatic rings. The standard InChI is InChI=1S/C25H18BrClFNO4S/c1-2-32-21-11-15(10-19(26)23(21)33-14-16-6-3-4-9-20(16)28)12-22-24(30)29(25(31)34-22)18-8-5-7-17(27)13-18/h3-13H,2,14H2,1H3/b22-12+. The first-order chi connectivity index (χ1) is 16.4. The summed E-state index contributed by atoms with van der Waals surface area (Å²) in [5.74, 6) is 0.0395. The van der Waals surface area contributed by atoms with Crippen molar-refractivity contribution in [3.63, 3.8) is 0 Å². The second kappa shape index (κ2) is 10.6. The number of hydrogen-bond acceptors (Lipinski definition) is 5. The van der Waals surface area contributed by atoms with Crippen LogP contribution in [0.2, 0.25) is 5.02 Å². The number of nitrogens with zero attached hydrogens (tertiary/aromatic N) is 1. The first-order valence-electron chi connectivity index (χ1n) is 10.2. The summed E-state index contributed by atoms with van der Waals surface area (Å²) in [4.78, 5) is 26.8. The van der Waals surface area contributed by atoms with E-state index in [9.17, 15) is 14.0 Å². The number of ether oxygens (including phenoxy) is 2. The maximum Gasteiger partial charge on any atom is 0.298 e. The molecule has 0 radical (unpaired) electrons. The fourth-order valence-corrected chi connectivity index (χ4v) is 4.90. The summed E-state index contributed by atoms with van der Waals surface area (Å²) >= 11 is 10.3. The van der Waals surface area contributed by atoms with Crippen molar-refractivity contribution in [2.24, 2.45) is 0 Å². The highest BCUT2D eigenvalue weighted by Gasteiger charge is 2.36. The predicted octanol–water partition coefficient (Wildman–Crippen LogP) is 7.46. The molecule has 0 saturated carbocycles. The molecule has 0 N–H and O–H groups in total. The summed E-state index contributed by atoms with van der Waals surface area (Å²) in [7, 11) is 0. The van der Waals surface area contributed by atoms with Gasteiger partial charge < -0.3 is 9.47 Å². The van der Waals surface area contributed by atoms with Crippen molar-refractivity contribution < 1.29 is 23.5 Å². The summed E-state index contributed by atoms with van der Waals surface area (Å²) in [5, 5.41) is 0.0178. The lowest BCUT2D eigenvalue weighted by Gasteiger charge is -2.15. The van der Waals surface area contributed by atoms with E-state index in [1.165, 1.54) is 6.07 Å². The number of carbonyl (C=O) groups is 2. The van der Waals surface area contributed by atoms with Crippen LogP contribution < -0.4 is 14.4 Å². The zero-order chi connectivity index (χ0) is 24.2. The van der Waals surface area contributed by atoms with Gasteiger partial charge in [-0.2, -0.15) is 0 Å². The number of imide groups is 1. The number of carbonyl (C=O) groups excluding carboxylic acids is 2. The summed E-state index contributed by atoms with van der Waals surface area (Å²) in [6.07, 6.45) is 1.61. The number of benzene rings is 3. The van der Waals surface area contributed by atoms with E-state index < -0.39 is 11.1 Å². The zero-order valence-corrected chi connectivity index (χ0v) is 21.0. The Morgan fingerprint density at radius 1 is 1.09 bits per heavy atom. The first-order valence-corrected chi connectivity index (χ1v) is 12.2. The van der Waals surface area contributed by atoms with Gasteiger partial charge in [0.05, 0.1) is 21.7 Å². The Kier molecular flexibility index (Phi) is 7.60. The maximum atomic E-state index is 14.0. The van der Waals surface area contributed by atoms with Crippen molar-refractivity contribution in [2.75, 3.05) is 11.5 Å². The molecule has 34 heavy (non-hydrogen) atoms. The Bertz CT molecular complexity index is 1300. The van der Waals surface area contributed by atoms with Crippen molar-refractivity contribution in [3.8, 4) is 11.5 Å². The molecule has 1 saturated heterocycles. The Hall–Kier alpha value is -2.81. The molecule has 174 valence electrons. The van der Waals surface area contributed by atoms with Crippen LogP contribution in [0, 0.1) is 5.82 Å². The Labute approximate surface area is 213 Å². The molecule has 3 aromatic rings. The number of thioether (sulfide) groups is 1. The normalized spacial score (nSPS) is 14.7. The van der Waals surface area contributed by atoms with Gasteiger partial charge in [-0.1, -0.05) is 35.9 Å². The molecule has 1 heterocycles. The monoisotopic (exact) mass is 561 g/mol. The topological polar surface area (TPSA) is 55.8 Å². The smallest absolute Gasteiger partial charge is 0.298 e. The van der Waals surface area contributed by atoms with Crippen LogP contribution >= 0.6 is 39.3 Å². The quantitative estimate of drug-likeness (QED) is 0.280. The summed E-state index contributed by atoms with van der Waals surface area (Å²) in [6.45, 7) is 2.22. The molecule has 5 nitrogen and oxygen atoms in total. The van der Waals surface area contributed by atoms with E-state index in [0.717, 1.165) is 16.7 Å². The van der Waals surface area contributed by atoms with Gasteiger partial charge in [-0.15, -0.1) is 0 Å². The lowest BCUT2D eigenvalue weighted by molar-refractivity contribution is -0.113.